The van der Waals surface area contributed by atoms with Gasteiger partial charge >= 0.3 is 0 Å². The highest BCUT2D eigenvalue weighted by atomic mass is 32.2. The molecule has 0 spiro atoms. The van der Waals surface area contributed by atoms with E-state index in [0.717, 1.165) is 42.9 Å². The number of nitrogens with zero attached hydrogens (tertiary/aromatic N) is 2. The molecule has 5 rings (SSSR count). The maximum Gasteiger partial charge on any atom is 0.243 e. The SMILES string of the molecule is COc1ccc(S(=O)(=O)N(C)C2CC2)cc1-c1ccc(CN2CCCCC[C@@H]2c2ccccc2)[nH]1. The molecular formula is C28H35N3O3S. The molecule has 1 aromatic heterocycles. The molecule has 2 fully saturated rings. The van der Waals surface area contributed by atoms with E-state index in [4.69, 9.17) is 4.74 Å². The van der Waals surface area contributed by atoms with Gasteiger partial charge in [-0.3, -0.25) is 4.90 Å². The zero-order valence-electron chi connectivity index (χ0n) is 20.6. The van der Waals surface area contributed by atoms with Crippen LogP contribution in [-0.4, -0.2) is 49.4 Å². The summed E-state index contributed by atoms with van der Waals surface area (Å²) >= 11 is 0. The predicted molar refractivity (Wildman–Crippen MR) is 139 cm³/mol. The summed E-state index contributed by atoms with van der Waals surface area (Å²) in [6, 6.07) is 20.6. The van der Waals surface area contributed by atoms with Gasteiger partial charge in [0.15, 0.2) is 0 Å². The first kappa shape index (κ1) is 24.1. The molecule has 7 heteroatoms. The number of likely N-dealkylation sites (tertiary alicyclic amines) is 1. The second kappa shape index (κ2) is 10.2. The van der Waals surface area contributed by atoms with Gasteiger partial charge in [-0.25, -0.2) is 8.42 Å². The molecule has 2 aliphatic rings. The molecule has 1 N–H and O–H groups in total. The Labute approximate surface area is 209 Å². The maximum atomic E-state index is 13.1. The Morgan fingerprint density at radius 2 is 1.80 bits per heavy atom. The number of hydrogen-bond donors (Lipinski definition) is 1. The number of rotatable bonds is 8. The Balaban J connectivity index is 1.41. The van der Waals surface area contributed by atoms with Crippen LogP contribution in [0.15, 0.2) is 65.6 Å². The van der Waals surface area contributed by atoms with Crippen molar-refractivity contribution in [3.05, 3.63) is 71.9 Å². The van der Waals surface area contributed by atoms with E-state index in [1.165, 1.54) is 35.6 Å². The van der Waals surface area contributed by atoms with Gasteiger partial charge in [-0.1, -0.05) is 43.2 Å². The third-order valence-corrected chi connectivity index (χ3v) is 9.27. The molecule has 1 atom stereocenters. The number of methoxy groups -OCH3 is 1. The van der Waals surface area contributed by atoms with Crippen molar-refractivity contribution in [2.24, 2.45) is 0 Å². The van der Waals surface area contributed by atoms with E-state index in [1.807, 2.05) is 6.07 Å². The van der Waals surface area contributed by atoms with Crippen molar-refractivity contribution in [1.29, 1.82) is 0 Å². The molecule has 1 aliphatic heterocycles. The molecule has 35 heavy (non-hydrogen) atoms. The highest BCUT2D eigenvalue weighted by molar-refractivity contribution is 7.89. The first-order valence-corrected chi connectivity index (χ1v) is 14.0. The summed E-state index contributed by atoms with van der Waals surface area (Å²) in [5.41, 5.74) is 4.13. The van der Waals surface area contributed by atoms with E-state index in [1.54, 1.807) is 32.4 Å². The van der Waals surface area contributed by atoms with Crippen molar-refractivity contribution in [2.45, 2.75) is 62.0 Å². The average molecular weight is 494 g/mol. The highest BCUT2D eigenvalue weighted by Crippen LogP contribution is 2.36. The lowest BCUT2D eigenvalue weighted by Crippen LogP contribution is -2.29. The number of benzene rings is 2. The summed E-state index contributed by atoms with van der Waals surface area (Å²) in [6.07, 6.45) is 6.75. The molecule has 6 nitrogen and oxygen atoms in total. The number of hydrogen-bond acceptors (Lipinski definition) is 4. The molecule has 2 heterocycles. The van der Waals surface area contributed by atoms with Crippen LogP contribution in [0.1, 0.15) is 55.8 Å². The Morgan fingerprint density at radius 1 is 1.00 bits per heavy atom. The third-order valence-electron chi connectivity index (χ3n) is 7.37. The minimum absolute atomic E-state index is 0.119. The largest absolute Gasteiger partial charge is 0.496 e. The van der Waals surface area contributed by atoms with Crippen LogP contribution in [0.2, 0.25) is 0 Å². The van der Waals surface area contributed by atoms with E-state index < -0.39 is 10.0 Å². The molecule has 186 valence electrons. The van der Waals surface area contributed by atoms with Gasteiger partial charge in [0.1, 0.15) is 5.75 Å². The highest BCUT2D eigenvalue weighted by Gasteiger charge is 2.35. The van der Waals surface area contributed by atoms with Crippen LogP contribution in [0, 0.1) is 0 Å². The Morgan fingerprint density at radius 3 is 2.54 bits per heavy atom. The fourth-order valence-electron chi connectivity index (χ4n) is 5.18. The molecule has 1 aliphatic carbocycles. The molecule has 0 amide bonds. The van der Waals surface area contributed by atoms with Crippen molar-refractivity contribution in [2.75, 3.05) is 20.7 Å². The van der Waals surface area contributed by atoms with Crippen LogP contribution in [0.3, 0.4) is 0 Å². The smallest absolute Gasteiger partial charge is 0.243 e. The Hall–Kier alpha value is -2.61. The number of sulfonamides is 1. The summed E-state index contributed by atoms with van der Waals surface area (Å²) in [5.74, 6) is 0.656. The zero-order chi connectivity index (χ0) is 24.4. The van der Waals surface area contributed by atoms with Crippen molar-refractivity contribution in [3.63, 3.8) is 0 Å². The van der Waals surface area contributed by atoms with Crippen molar-refractivity contribution >= 4 is 10.0 Å². The van der Waals surface area contributed by atoms with Crippen molar-refractivity contribution in [3.8, 4) is 17.0 Å². The van der Waals surface area contributed by atoms with Crippen LogP contribution >= 0.6 is 0 Å². The molecule has 0 radical (unpaired) electrons. The molecular weight excluding hydrogens is 458 g/mol. The van der Waals surface area contributed by atoms with Gasteiger partial charge in [-0.15, -0.1) is 0 Å². The van der Waals surface area contributed by atoms with Gasteiger partial charge in [-0.2, -0.15) is 4.31 Å². The molecule has 3 aromatic rings. The second-order valence-corrected chi connectivity index (χ2v) is 11.8. The fourth-order valence-corrected chi connectivity index (χ4v) is 6.62. The predicted octanol–water partition coefficient (Wildman–Crippen LogP) is 5.59. The summed E-state index contributed by atoms with van der Waals surface area (Å²) in [4.78, 5) is 6.43. The minimum Gasteiger partial charge on any atom is -0.496 e. The Bertz CT molecular complexity index is 1250. The number of H-pyrrole nitrogens is 1. The standard InChI is InChI=1S/C28H35N3O3S/c1-30(23-13-14-23)35(32,33)24-15-17-28(34-2)25(19-24)26-16-12-22(29-26)20-31-18-8-4-7-11-27(31)21-9-5-3-6-10-21/h3,5-6,9-10,12,15-17,19,23,27,29H,4,7-8,11,13-14,18,20H2,1-2H3/t27-/m1/s1. The van der Waals surface area contributed by atoms with Crippen molar-refractivity contribution in [1.82, 2.24) is 14.2 Å². The quantitative estimate of drug-likeness (QED) is 0.444. The first-order valence-electron chi connectivity index (χ1n) is 12.6. The monoisotopic (exact) mass is 493 g/mol. The maximum absolute atomic E-state index is 13.1. The molecule has 0 bridgehead atoms. The van der Waals surface area contributed by atoms with Gasteiger partial charge in [0.25, 0.3) is 0 Å². The number of nitrogens with one attached hydrogen (secondary N) is 1. The van der Waals surface area contributed by atoms with E-state index in [2.05, 4.69) is 46.3 Å². The van der Waals surface area contributed by atoms with Crippen LogP contribution < -0.4 is 4.74 Å². The first-order chi connectivity index (χ1) is 17.0. The van der Waals surface area contributed by atoms with E-state index in [9.17, 15) is 8.42 Å². The third kappa shape index (κ3) is 5.17. The number of aromatic nitrogens is 1. The molecule has 1 saturated carbocycles. The number of ether oxygens (including phenoxy) is 1. The van der Waals surface area contributed by atoms with E-state index >= 15 is 0 Å². The number of aromatic amines is 1. The fraction of sp³-hybridized carbons (Fsp3) is 0.429. The molecule has 0 unspecified atom stereocenters. The summed E-state index contributed by atoms with van der Waals surface area (Å²) in [5, 5.41) is 0. The zero-order valence-corrected chi connectivity index (χ0v) is 21.4. The summed E-state index contributed by atoms with van der Waals surface area (Å²) < 4.78 is 33.4. The normalized spacial score (nSPS) is 19.6. The van der Waals surface area contributed by atoms with Crippen LogP contribution in [0.25, 0.3) is 11.3 Å². The van der Waals surface area contributed by atoms with Gasteiger partial charge in [0, 0.05) is 42.6 Å². The lowest BCUT2D eigenvalue weighted by molar-refractivity contribution is 0.190. The molecule has 2 aromatic carbocycles. The van der Waals surface area contributed by atoms with E-state index in [-0.39, 0.29) is 6.04 Å². The summed E-state index contributed by atoms with van der Waals surface area (Å²) in [6.45, 7) is 1.89. The van der Waals surface area contributed by atoms with Gasteiger partial charge in [-0.05, 0) is 68.1 Å². The Kier molecular flexibility index (Phi) is 7.00. The topological polar surface area (TPSA) is 65.6 Å². The van der Waals surface area contributed by atoms with Gasteiger partial charge < -0.3 is 9.72 Å². The lowest BCUT2D eigenvalue weighted by atomic mass is 10.0. The summed E-state index contributed by atoms with van der Waals surface area (Å²) in [7, 11) is -0.239. The second-order valence-electron chi connectivity index (χ2n) is 9.76. The van der Waals surface area contributed by atoms with Crippen molar-refractivity contribution < 1.29 is 13.2 Å². The minimum atomic E-state index is -3.53. The average Bonchev–Trinajstić information content (AvgIpc) is 3.67. The van der Waals surface area contributed by atoms with Crippen LogP contribution in [0.4, 0.5) is 0 Å². The van der Waals surface area contributed by atoms with Crippen LogP contribution in [-0.2, 0) is 16.6 Å². The van der Waals surface area contributed by atoms with Crippen LogP contribution in [0.5, 0.6) is 5.75 Å². The van der Waals surface area contributed by atoms with E-state index in [0.29, 0.717) is 16.7 Å². The van der Waals surface area contributed by atoms with Gasteiger partial charge in [0.2, 0.25) is 10.0 Å². The van der Waals surface area contributed by atoms with Gasteiger partial charge in [0.05, 0.1) is 12.0 Å². The lowest BCUT2D eigenvalue weighted by Gasteiger charge is -2.30. The molecule has 1 saturated heterocycles.